The Bertz CT molecular complexity index is 554. The van der Waals surface area contributed by atoms with Crippen molar-refractivity contribution in [2.45, 2.75) is 36.6 Å². The smallest absolute Gasteiger partial charge is 0.240 e. The van der Waals surface area contributed by atoms with Gasteiger partial charge in [-0.3, -0.25) is 0 Å². The third kappa shape index (κ3) is 3.11. The molecule has 0 spiro atoms. The van der Waals surface area contributed by atoms with Gasteiger partial charge in [-0.15, -0.1) is 12.4 Å². The molecule has 106 valence electrons. The molecule has 1 aliphatic heterocycles. The van der Waals surface area contributed by atoms with Crippen LogP contribution < -0.4 is 10.0 Å². The van der Waals surface area contributed by atoms with Crippen LogP contribution in [0.1, 0.15) is 24.0 Å². The molecule has 1 unspecified atom stereocenters. The molecule has 3 rings (SSSR count). The summed E-state index contributed by atoms with van der Waals surface area (Å²) in [5.74, 6) is 0. The van der Waals surface area contributed by atoms with Crippen LogP contribution in [0.3, 0.4) is 0 Å². The second-order valence-corrected chi connectivity index (χ2v) is 6.81. The lowest BCUT2D eigenvalue weighted by Gasteiger charge is -2.12. The Labute approximate surface area is 120 Å². The summed E-state index contributed by atoms with van der Waals surface area (Å²) in [6, 6.07) is 5.56. The molecule has 0 radical (unpaired) electrons. The molecule has 0 bridgehead atoms. The Kier molecular flexibility index (Phi) is 4.50. The van der Waals surface area contributed by atoms with Gasteiger partial charge in [0.2, 0.25) is 10.0 Å². The van der Waals surface area contributed by atoms with Crippen molar-refractivity contribution in [1.29, 1.82) is 0 Å². The maximum absolute atomic E-state index is 12.2. The maximum Gasteiger partial charge on any atom is 0.240 e. The van der Waals surface area contributed by atoms with Gasteiger partial charge in [0.15, 0.2) is 0 Å². The van der Waals surface area contributed by atoms with E-state index in [9.17, 15) is 8.42 Å². The van der Waals surface area contributed by atoms with E-state index >= 15 is 0 Å². The second-order valence-electron chi connectivity index (χ2n) is 5.10. The molecule has 19 heavy (non-hydrogen) atoms. The number of rotatable bonds is 3. The van der Waals surface area contributed by atoms with Gasteiger partial charge in [0, 0.05) is 12.6 Å². The molecule has 0 aromatic heterocycles. The summed E-state index contributed by atoms with van der Waals surface area (Å²) >= 11 is 0. The average Bonchev–Trinajstić information content (AvgIpc) is 2.97. The number of nitrogens with one attached hydrogen (secondary N) is 2. The fourth-order valence-corrected chi connectivity index (χ4v) is 4.08. The van der Waals surface area contributed by atoms with Crippen LogP contribution in [0, 0.1) is 0 Å². The molecule has 4 nitrogen and oxygen atoms in total. The monoisotopic (exact) mass is 302 g/mol. The first-order valence-electron chi connectivity index (χ1n) is 6.50. The zero-order valence-electron chi connectivity index (χ0n) is 10.7. The normalized spacial score (nSPS) is 22.0. The number of hydrogen-bond donors (Lipinski definition) is 2. The molecule has 1 heterocycles. The first kappa shape index (κ1) is 14.8. The fourth-order valence-electron chi connectivity index (χ4n) is 2.76. The van der Waals surface area contributed by atoms with Gasteiger partial charge >= 0.3 is 0 Å². The number of halogens is 1. The topological polar surface area (TPSA) is 58.2 Å². The molecule has 2 aliphatic rings. The third-order valence-corrected chi connectivity index (χ3v) is 5.28. The first-order chi connectivity index (χ1) is 8.65. The van der Waals surface area contributed by atoms with E-state index < -0.39 is 10.0 Å². The van der Waals surface area contributed by atoms with Crippen molar-refractivity contribution in [3.63, 3.8) is 0 Å². The summed E-state index contributed by atoms with van der Waals surface area (Å²) in [5.41, 5.74) is 2.50. The van der Waals surface area contributed by atoms with Gasteiger partial charge in [-0.25, -0.2) is 13.1 Å². The number of hydrogen-bond acceptors (Lipinski definition) is 3. The van der Waals surface area contributed by atoms with Crippen LogP contribution >= 0.6 is 12.4 Å². The van der Waals surface area contributed by atoms with Crippen LogP contribution in [0.15, 0.2) is 23.1 Å². The molecular weight excluding hydrogens is 284 g/mol. The van der Waals surface area contributed by atoms with Gasteiger partial charge < -0.3 is 5.32 Å². The molecule has 1 atom stereocenters. The fraction of sp³-hybridized carbons (Fsp3) is 0.538. The zero-order chi connectivity index (χ0) is 12.6. The van der Waals surface area contributed by atoms with E-state index in [1.165, 1.54) is 11.1 Å². The number of aryl methyl sites for hydroxylation is 2. The summed E-state index contributed by atoms with van der Waals surface area (Å²) in [5, 5.41) is 3.16. The SMILES string of the molecule is Cl.O=S(=O)(NC1CCNC1)c1ccc2c(c1)CCC2. The number of fused-ring (bicyclic) bond motifs is 1. The predicted octanol–water partition coefficient (Wildman–Crippen LogP) is 1.24. The highest BCUT2D eigenvalue weighted by Crippen LogP contribution is 2.24. The minimum Gasteiger partial charge on any atom is -0.315 e. The maximum atomic E-state index is 12.2. The van der Waals surface area contributed by atoms with Crippen molar-refractivity contribution in [2.24, 2.45) is 0 Å². The molecular formula is C13H19ClN2O2S. The molecule has 1 fully saturated rings. The van der Waals surface area contributed by atoms with Crippen molar-refractivity contribution < 1.29 is 8.42 Å². The first-order valence-corrected chi connectivity index (χ1v) is 7.98. The van der Waals surface area contributed by atoms with E-state index in [1.54, 1.807) is 6.07 Å². The van der Waals surface area contributed by atoms with Crippen LogP contribution in [0.25, 0.3) is 0 Å². The van der Waals surface area contributed by atoms with Gasteiger partial charge in [0.1, 0.15) is 0 Å². The highest BCUT2D eigenvalue weighted by molar-refractivity contribution is 7.89. The van der Waals surface area contributed by atoms with E-state index in [0.717, 1.165) is 38.8 Å². The molecule has 1 saturated heterocycles. The van der Waals surface area contributed by atoms with Crippen LogP contribution in [0.5, 0.6) is 0 Å². The molecule has 0 amide bonds. The molecule has 1 aromatic rings. The highest BCUT2D eigenvalue weighted by atomic mass is 35.5. The lowest BCUT2D eigenvalue weighted by molar-refractivity contribution is 0.560. The minimum atomic E-state index is -3.36. The summed E-state index contributed by atoms with van der Waals surface area (Å²) in [6.07, 6.45) is 4.09. The Hall–Kier alpha value is -0.620. The minimum absolute atomic E-state index is 0. The zero-order valence-corrected chi connectivity index (χ0v) is 12.3. The third-order valence-electron chi connectivity index (χ3n) is 3.76. The summed E-state index contributed by atoms with van der Waals surface area (Å²) in [4.78, 5) is 0.412. The average molecular weight is 303 g/mol. The Morgan fingerprint density at radius 2 is 2.00 bits per heavy atom. The van der Waals surface area contributed by atoms with E-state index in [4.69, 9.17) is 0 Å². The van der Waals surface area contributed by atoms with Crippen LogP contribution in [0.4, 0.5) is 0 Å². The lowest BCUT2D eigenvalue weighted by Crippen LogP contribution is -2.36. The van der Waals surface area contributed by atoms with Crippen LogP contribution in [-0.4, -0.2) is 27.5 Å². The highest BCUT2D eigenvalue weighted by Gasteiger charge is 2.23. The van der Waals surface area contributed by atoms with Crippen LogP contribution in [0.2, 0.25) is 0 Å². The van der Waals surface area contributed by atoms with E-state index in [2.05, 4.69) is 10.0 Å². The Balaban J connectivity index is 0.00000133. The molecule has 2 N–H and O–H groups in total. The van der Waals surface area contributed by atoms with Gasteiger partial charge in [-0.2, -0.15) is 0 Å². The predicted molar refractivity (Wildman–Crippen MR) is 77.3 cm³/mol. The van der Waals surface area contributed by atoms with Gasteiger partial charge in [0.05, 0.1) is 4.90 Å². The standard InChI is InChI=1S/C13H18N2O2S.ClH/c16-18(17,15-12-6-7-14-9-12)13-5-4-10-2-1-3-11(10)8-13;/h4-5,8,12,14-15H,1-3,6-7,9H2;1H. The van der Waals surface area contributed by atoms with E-state index in [1.807, 2.05) is 12.1 Å². The number of sulfonamides is 1. The molecule has 1 aliphatic carbocycles. The van der Waals surface area contributed by atoms with Gasteiger partial charge in [0.25, 0.3) is 0 Å². The van der Waals surface area contributed by atoms with Gasteiger partial charge in [-0.05, 0) is 55.5 Å². The van der Waals surface area contributed by atoms with Crippen molar-refractivity contribution in [3.05, 3.63) is 29.3 Å². The van der Waals surface area contributed by atoms with Crippen molar-refractivity contribution in [3.8, 4) is 0 Å². The lowest BCUT2D eigenvalue weighted by atomic mass is 10.1. The Morgan fingerprint density at radius 1 is 1.21 bits per heavy atom. The molecule has 1 aromatic carbocycles. The second kappa shape index (κ2) is 5.79. The molecule has 6 heteroatoms. The largest absolute Gasteiger partial charge is 0.315 e. The van der Waals surface area contributed by atoms with Crippen molar-refractivity contribution in [1.82, 2.24) is 10.0 Å². The molecule has 0 saturated carbocycles. The summed E-state index contributed by atoms with van der Waals surface area (Å²) in [6.45, 7) is 1.61. The quantitative estimate of drug-likeness (QED) is 0.883. The number of benzene rings is 1. The van der Waals surface area contributed by atoms with Crippen molar-refractivity contribution >= 4 is 22.4 Å². The Morgan fingerprint density at radius 3 is 2.74 bits per heavy atom. The van der Waals surface area contributed by atoms with E-state index in [0.29, 0.717) is 4.90 Å². The van der Waals surface area contributed by atoms with Gasteiger partial charge in [-0.1, -0.05) is 6.07 Å². The summed E-state index contributed by atoms with van der Waals surface area (Å²) in [7, 11) is -3.36. The summed E-state index contributed by atoms with van der Waals surface area (Å²) < 4.78 is 27.3. The van der Waals surface area contributed by atoms with Crippen molar-refractivity contribution in [2.75, 3.05) is 13.1 Å². The van der Waals surface area contributed by atoms with E-state index in [-0.39, 0.29) is 18.4 Å². The van der Waals surface area contributed by atoms with Crippen LogP contribution in [-0.2, 0) is 22.9 Å².